The third-order valence-electron chi connectivity index (χ3n) is 3.67. The number of nitrogens with one attached hydrogen (secondary N) is 1. The maximum atomic E-state index is 10.1. The highest BCUT2D eigenvalue weighted by Crippen LogP contribution is 2.36. The van der Waals surface area contributed by atoms with Crippen LogP contribution in [0, 0.1) is 0 Å². The molecule has 0 aliphatic carbocycles. The fraction of sp³-hybridized carbons (Fsp3) is 0.222. The molecule has 2 N–H and O–H groups in total. The highest BCUT2D eigenvalue weighted by Gasteiger charge is 2.16. The van der Waals surface area contributed by atoms with E-state index in [9.17, 15) is 5.11 Å². The molecule has 0 radical (unpaired) electrons. The predicted octanol–water partition coefficient (Wildman–Crippen LogP) is 4.51. The first-order valence-corrected chi connectivity index (χ1v) is 8.14. The normalized spacial score (nSPS) is 14.0. The first-order chi connectivity index (χ1) is 11.1. The van der Waals surface area contributed by atoms with Gasteiger partial charge in [-0.3, -0.25) is 0 Å². The maximum Gasteiger partial charge on any atom is 0.145 e. The van der Waals surface area contributed by atoms with Crippen LogP contribution in [0.25, 0.3) is 6.08 Å². The summed E-state index contributed by atoms with van der Waals surface area (Å²) < 4.78 is 5.70. The van der Waals surface area contributed by atoms with Crippen molar-refractivity contribution in [2.45, 2.75) is 6.10 Å². The average molecular weight is 387 g/mol. The molecule has 1 aliphatic rings. The van der Waals surface area contributed by atoms with Gasteiger partial charge in [-0.1, -0.05) is 53.5 Å². The van der Waals surface area contributed by atoms with Crippen molar-refractivity contribution in [2.24, 2.45) is 0 Å². The Morgan fingerprint density at radius 1 is 1.17 bits per heavy atom. The Morgan fingerprint density at radius 3 is 2.67 bits per heavy atom. The second-order valence-corrected chi connectivity index (χ2v) is 6.30. The van der Waals surface area contributed by atoms with E-state index in [2.05, 4.69) is 5.32 Å². The second kappa shape index (κ2) is 8.75. The van der Waals surface area contributed by atoms with Crippen molar-refractivity contribution >= 4 is 41.7 Å². The molecule has 24 heavy (non-hydrogen) atoms. The van der Waals surface area contributed by atoms with Crippen LogP contribution in [0.5, 0.6) is 5.75 Å². The van der Waals surface area contributed by atoms with E-state index >= 15 is 0 Å². The number of ether oxygens (including phenoxy) is 1. The van der Waals surface area contributed by atoms with Gasteiger partial charge in [-0.25, -0.2) is 0 Å². The van der Waals surface area contributed by atoms with Crippen molar-refractivity contribution in [1.82, 2.24) is 5.32 Å². The molecule has 0 spiro atoms. The van der Waals surface area contributed by atoms with Crippen LogP contribution in [0.3, 0.4) is 0 Å². The van der Waals surface area contributed by atoms with Gasteiger partial charge in [0.15, 0.2) is 0 Å². The lowest BCUT2D eigenvalue weighted by atomic mass is 10.1. The number of hydrogen-bond donors (Lipinski definition) is 2. The van der Waals surface area contributed by atoms with E-state index < -0.39 is 6.10 Å². The molecule has 3 rings (SSSR count). The molecule has 2 aromatic rings. The largest absolute Gasteiger partial charge is 0.487 e. The minimum absolute atomic E-state index is 0. The Kier molecular flexibility index (Phi) is 6.96. The average Bonchev–Trinajstić information content (AvgIpc) is 2.55. The molecule has 2 aromatic carbocycles. The van der Waals surface area contributed by atoms with Crippen LogP contribution in [0.1, 0.15) is 17.2 Å². The Balaban J connectivity index is 0.00000208. The standard InChI is InChI=1S/C18H17Cl2NO2.ClH/c19-15-7-14-6-12(11-23-18(14)16(20)8-15)9-21-10-17(22)13-4-2-1-3-5-13;/h1-8,17,21-22H,9-11H2;1H. The molecule has 0 saturated carbocycles. The Morgan fingerprint density at radius 2 is 1.92 bits per heavy atom. The minimum atomic E-state index is -0.530. The first kappa shape index (κ1) is 19.1. The lowest BCUT2D eigenvalue weighted by Gasteiger charge is -2.20. The molecule has 128 valence electrons. The third-order valence-corrected chi connectivity index (χ3v) is 4.17. The number of aliphatic hydroxyl groups is 1. The summed E-state index contributed by atoms with van der Waals surface area (Å²) in [4.78, 5) is 0. The van der Waals surface area contributed by atoms with Crippen LogP contribution in [0.15, 0.2) is 48.0 Å². The molecular weight excluding hydrogens is 369 g/mol. The van der Waals surface area contributed by atoms with Gasteiger partial charge in [0.05, 0.1) is 11.1 Å². The minimum Gasteiger partial charge on any atom is -0.487 e. The van der Waals surface area contributed by atoms with Crippen LogP contribution in [0.2, 0.25) is 10.0 Å². The summed E-state index contributed by atoms with van der Waals surface area (Å²) in [6.45, 7) is 1.58. The molecule has 6 heteroatoms. The Hall–Kier alpha value is -1.23. The number of aliphatic hydroxyl groups excluding tert-OH is 1. The number of hydrogen-bond acceptors (Lipinski definition) is 3. The van der Waals surface area contributed by atoms with Crippen molar-refractivity contribution < 1.29 is 9.84 Å². The highest BCUT2D eigenvalue weighted by molar-refractivity contribution is 6.36. The van der Waals surface area contributed by atoms with E-state index in [1.807, 2.05) is 42.5 Å². The second-order valence-electron chi connectivity index (χ2n) is 5.45. The summed E-state index contributed by atoms with van der Waals surface area (Å²) in [6, 6.07) is 13.1. The molecule has 1 aliphatic heterocycles. The van der Waals surface area contributed by atoms with Crippen molar-refractivity contribution in [2.75, 3.05) is 19.7 Å². The quantitative estimate of drug-likeness (QED) is 0.794. The first-order valence-electron chi connectivity index (χ1n) is 7.38. The molecule has 0 aromatic heterocycles. The molecule has 0 bridgehead atoms. The summed E-state index contributed by atoms with van der Waals surface area (Å²) >= 11 is 12.1. The summed E-state index contributed by atoms with van der Waals surface area (Å²) in [6.07, 6.45) is 1.50. The van der Waals surface area contributed by atoms with Crippen molar-refractivity contribution in [1.29, 1.82) is 0 Å². The van der Waals surface area contributed by atoms with Crippen LogP contribution in [-0.2, 0) is 0 Å². The highest BCUT2D eigenvalue weighted by atomic mass is 35.5. The molecule has 1 atom stereocenters. The topological polar surface area (TPSA) is 41.5 Å². The number of benzene rings is 2. The van der Waals surface area contributed by atoms with E-state index in [1.165, 1.54) is 0 Å². The van der Waals surface area contributed by atoms with Gasteiger partial charge in [0, 0.05) is 23.7 Å². The predicted molar refractivity (Wildman–Crippen MR) is 101 cm³/mol. The van der Waals surface area contributed by atoms with E-state index in [0.717, 1.165) is 16.7 Å². The smallest absolute Gasteiger partial charge is 0.145 e. The molecular formula is C18H18Cl3NO2. The van der Waals surface area contributed by atoms with Gasteiger partial charge < -0.3 is 15.2 Å². The molecule has 1 unspecified atom stereocenters. The molecule has 0 amide bonds. The maximum absolute atomic E-state index is 10.1. The zero-order valence-corrected chi connectivity index (χ0v) is 15.2. The summed E-state index contributed by atoms with van der Waals surface area (Å²) in [5.41, 5.74) is 2.86. The van der Waals surface area contributed by atoms with Gasteiger partial charge in [0.2, 0.25) is 0 Å². The molecule has 0 fully saturated rings. The van der Waals surface area contributed by atoms with E-state index in [0.29, 0.717) is 35.5 Å². The van der Waals surface area contributed by atoms with Gasteiger partial charge in [0.1, 0.15) is 12.4 Å². The molecule has 3 nitrogen and oxygen atoms in total. The van der Waals surface area contributed by atoms with E-state index in [1.54, 1.807) is 6.07 Å². The van der Waals surface area contributed by atoms with Crippen molar-refractivity contribution in [3.8, 4) is 5.75 Å². The number of halogens is 3. The van der Waals surface area contributed by atoms with Crippen LogP contribution in [0.4, 0.5) is 0 Å². The van der Waals surface area contributed by atoms with Crippen LogP contribution < -0.4 is 10.1 Å². The number of fused-ring (bicyclic) bond motifs is 1. The van der Waals surface area contributed by atoms with Crippen molar-refractivity contribution in [3.63, 3.8) is 0 Å². The Bertz CT molecular complexity index is 720. The fourth-order valence-corrected chi connectivity index (χ4v) is 3.09. The van der Waals surface area contributed by atoms with Gasteiger partial charge in [0.25, 0.3) is 0 Å². The van der Waals surface area contributed by atoms with E-state index in [4.69, 9.17) is 27.9 Å². The van der Waals surface area contributed by atoms with Gasteiger partial charge in [-0.05, 0) is 29.3 Å². The summed E-state index contributed by atoms with van der Waals surface area (Å²) in [7, 11) is 0. The lowest BCUT2D eigenvalue weighted by Crippen LogP contribution is -2.26. The zero-order valence-electron chi connectivity index (χ0n) is 12.8. The van der Waals surface area contributed by atoms with Crippen LogP contribution >= 0.6 is 35.6 Å². The SMILES string of the molecule is Cl.OC(CNCC1=Cc2cc(Cl)cc(Cl)c2OC1)c1ccccc1. The number of rotatable bonds is 5. The van der Waals surface area contributed by atoms with Gasteiger partial charge in [-0.2, -0.15) is 0 Å². The third kappa shape index (κ3) is 4.65. The summed E-state index contributed by atoms with van der Waals surface area (Å²) in [5, 5.41) is 14.5. The zero-order chi connectivity index (χ0) is 16.2. The van der Waals surface area contributed by atoms with E-state index in [-0.39, 0.29) is 12.4 Å². The van der Waals surface area contributed by atoms with Crippen molar-refractivity contribution in [3.05, 3.63) is 69.2 Å². The molecule has 0 saturated heterocycles. The fourth-order valence-electron chi connectivity index (χ4n) is 2.53. The van der Waals surface area contributed by atoms with Crippen LogP contribution in [-0.4, -0.2) is 24.8 Å². The monoisotopic (exact) mass is 385 g/mol. The Labute approximate surface area is 157 Å². The van der Waals surface area contributed by atoms with Gasteiger partial charge >= 0.3 is 0 Å². The lowest BCUT2D eigenvalue weighted by molar-refractivity contribution is 0.175. The van der Waals surface area contributed by atoms with Gasteiger partial charge in [-0.15, -0.1) is 12.4 Å². The molecule has 1 heterocycles. The summed E-state index contributed by atoms with van der Waals surface area (Å²) in [5.74, 6) is 0.670.